The minimum Gasteiger partial charge on any atom is -0.307 e. The fraction of sp³-hybridized carbons (Fsp3) is 0. The van der Waals surface area contributed by atoms with Gasteiger partial charge in [-0.15, -0.1) is 0 Å². The number of carbonyl (C=O) groups excluding carboxylic acids is 1. The number of nitrogens with one attached hydrogen (secondary N) is 1. The highest BCUT2D eigenvalue weighted by Gasteiger charge is 2.09. The van der Waals surface area contributed by atoms with Crippen LogP contribution in [0.1, 0.15) is 10.4 Å². The quantitative estimate of drug-likeness (QED) is 0.908. The number of hydrogen-bond donors (Lipinski definition) is 1. The molecule has 0 aliphatic carbocycles. The van der Waals surface area contributed by atoms with Crippen LogP contribution < -0.4 is 5.32 Å². The zero-order chi connectivity index (χ0) is 13.1. The van der Waals surface area contributed by atoms with Crippen molar-refractivity contribution in [3.8, 4) is 0 Å². The Morgan fingerprint density at radius 1 is 1.33 bits per heavy atom. The largest absolute Gasteiger partial charge is 0.307 e. The van der Waals surface area contributed by atoms with Crippen LogP contribution in [0.15, 0.2) is 41.0 Å². The normalized spacial score (nSPS) is 10.2. The minimum atomic E-state index is -0.492. The van der Waals surface area contributed by atoms with Crippen LogP contribution in [0.4, 0.5) is 10.2 Å². The summed E-state index contributed by atoms with van der Waals surface area (Å²) in [4.78, 5) is 15.8. The van der Waals surface area contributed by atoms with Crippen molar-refractivity contribution in [2.75, 3.05) is 5.32 Å². The maximum atomic E-state index is 13.1. The highest BCUT2D eigenvalue weighted by molar-refractivity contribution is 9.10. The van der Waals surface area contributed by atoms with Crippen molar-refractivity contribution in [1.82, 2.24) is 4.98 Å². The van der Waals surface area contributed by atoms with Gasteiger partial charge in [0.15, 0.2) is 0 Å². The van der Waals surface area contributed by atoms with E-state index in [-0.39, 0.29) is 5.56 Å². The van der Waals surface area contributed by atoms with Crippen LogP contribution in [0.5, 0.6) is 0 Å². The Labute approximate surface area is 116 Å². The number of hydrogen-bond acceptors (Lipinski definition) is 2. The molecule has 0 spiro atoms. The molecular formula is C12H7BrClFN2O. The van der Waals surface area contributed by atoms with Gasteiger partial charge in [0.1, 0.15) is 11.6 Å². The molecule has 2 rings (SSSR count). The van der Waals surface area contributed by atoms with Crippen molar-refractivity contribution >= 4 is 39.3 Å². The lowest BCUT2D eigenvalue weighted by Gasteiger charge is -2.05. The van der Waals surface area contributed by atoms with Crippen LogP contribution in [0.2, 0.25) is 5.02 Å². The number of nitrogens with zero attached hydrogens (tertiary/aromatic N) is 1. The van der Waals surface area contributed by atoms with Crippen LogP contribution in [0, 0.1) is 5.82 Å². The van der Waals surface area contributed by atoms with E-state index in [4.69, 9.17) is 11.6 Å². The fourth-order valence-corrected chi connectivity index (χ4v) is 1.97. The average Bonchev–Trinajstić information content (AvgIpc) is 2.27. The average molecular weight is 330 g/mol. The van der Waals surface area contributed by atoms with Gasteiger partial charge in [0.25, 0.3) is 5.91 Å². The molecule has 0 radical (unpaired) electrons. The summed E-state index contributed by atoms with van der Waals surface area (Å²) in [5.41, 5.74) is 0.198. The van der Waals surface area contributed by atoms with Gasteiger partial charge in [0, 0.05) is 21.3 Å². The molecule has 2 aromatic rings. The maximum absolute atomic E-state index is 13.1. The molecular weight excluding hydrogens is 322 g/mol. The van der Waals surface area contributed by atoms with E-state index in [1.165, 1.54) is 24.4 Å². The predicted molar refractivity (Wildman–Crippen MR) is 71.3 cm³/mol. The Morgan fingerprint density at radius 2 is 2.11 bits per heavy atom. The van der Waals surface area contributed by atoms with Crippen molar-refractivity contribution in [1.29, 1.82) is 0 Å². The van der Waals surface area contributed by atoms with Crippen molar-refractivity contribution in [2.24, 2.45) is 0 Å². The number of amides is 1. The molecule has 18 heavy (non-hydrogen) atoms. The summed E-state index contributed by atoms with van der Waals surface area (Å²) in [5, 5.41) is 2.99. The Hall–Kier alpha value is -1.46. The molecule has 1 N–H and O–H groups in total. The smallest absolute Gasteiger partial charge is 0.256 e. The number of pyridine rings is 1. The van der Waals surface area contributed by atoms with Gasteiger partial charge in [0.2, 0.25) is 0 Å². The first kappa shape index (κ1) is 13.0. The molecule has 0 saturated heterocycles. The van der Waals surface area contributed by atoms with Crippen LogP contribution in [-0.2, 0) is 0 Å². The summed E-state index contributed by atoms with van der Waals surface area (Å²) >= 11 is 8.89. The van der Waals surface area contributed by atoms with Crippen molar-refractivity contribution in [3.05, 3.63) is 57.4 Å². The lowest BCUT2D eigenvalue weighted by Crippen LogP contribution is -2.13. The first-order valence-corrected chi connectivity index (χ1v) is 6.11. The van der Waals surface area contributed by atoms with E-state index in [0.29, 0.717) is 15.3 Å². The summed E-state index contributed by atoms with van der Waals surface area (Å²) in [7, 11) is 0. The number of aromatic nitrogens is 1. The third kappa shape index (κ3) is 3.27. The van der Waals surface area contributed by atoms with E-state index in [2.05, 4.69) is 26.2 Å². The molecule has 1 aromatic carbocycles. The van der Waals surface area contributed by atoms with Crippen molar-refractivity contribution in [3.63, 3.8) is 0 Å². The van der Waals surface area contributed by atoms with E-state index in [1.807, 2.05) is 0 Å². The lowest BCUT2D eigenvalue weighted by atomic mass is 10.2. The Bertz CT molecular complexity index is 586. The van der Waals surface area contributed by atoms with Crippen LogP contribution in [-0.4, -0.2) is 10.9 Å². The molecule has 1 heterocycles. The van der Waals surface area contributed by atoms with Gasteiger partial charge in [-0.1, -0.05) is 27.5 Å². The number of halogens is 3. The molecule has 1 amide bonds. The SMILES string of the molecule is O=C(Nc1cc(Cl)ccn1)c1cc(F)cc(Br)c1. The molecule has 92 valence electrons. The van der Waals surface area contributed by atoms with E-state index in [1.54, 1.807) is 6.07 Å². The van der Waals surface area contributed by atoms with Gasteiger partial charge >= 0.3 is 0 Å². The second-order valence-electron chi connectivity index (χ2n) is 3.47. The summed E-state index contributed by atoms with van der Waals surface area (Å²) in [6.45, 7) is 0. The lowest BCUT2D eigenvalue weighted by molar-refractivity contribution is 0.102. The fourth-order valence-electron chi connectivity index (χ4n) is 1.35. The van der Waals surface area contributed by atoms with Gasteiger partial charge in [-0.2, -0.15) is 0 Å². The van der Waals surface area contributed by atoms with Gasteiger partial charge in [-0.05, 0) is 30.3 Å². The van der Waals surface area contributed by atoms with E-state index in [9.17, 15) is 9.18 Å². The molecule has 0 aliphatic heterocycles. The minimum absolute atomic E-state index is 0.198. The van der Waals surface area contributed by atoms with Gasteiger partial charge in [-0.3, -0.25) is 4.79 Å². The first-order chi connectivity index (χ1) is 8.54. The number of anilines is 1. The number of carbonyl (C=O) groups is 1. The Balaban J connectivity index is 2.22. The summed E-state index contributed by atoms with van der Waals surface area (Å²) < 4.78 is 13.6. The Morgan fingerprint density at radius 3 is 2.78 bits per heavy atom. The molecule has 6 heteroatoms. The topological polar surface area (TPSA) is 42.0 Å². The third-order valence-electron chi connectivity index (χ3n) is 2.09. The summed E-state index contributed by atoms with van der Waals surface area (Å²) in [5.74, 6) is -0.633. The van der Waals surface area contributed by atoms with Crippen LogP contribution in [0.3, 0.4) is 0 Å². The second-order valence-corrected chi connectivity index (χ2v) is 4.82. The highest BCUT2D eigenvalue weighted by Crippen LogP contribution is 2.17. The zero-order valence-corrected chi connectivity index (χ0v) is 11.3. The van der Waals surface area contributed by atoms with Crippen molar-refractivity contribution in [2.45, 2.75) is 0 Å². The van der Waals surface area contributed by atoms with E-state index < -0.39 is 11.7 Å². The molecule has 0 bridgehead atoms. The summed E-state index contributed by atoms with van der Waals surface area (Å²) in [6, 6.07) is 7.03. The van der Waals surface area contributed by atoms with Crippen LogP contribution in [0.25, 0.3) is 0 Å². The first-order valence-electron chi connectivity index (χ1n) is 4.93. The van der Waals surface area contributed by atoms with Gasteiger partial charge < -0.3 is 5.32 Å². The number of rotatable bonds is 2. The maximum Gasteiger partial charge on any atom is 0.256 e. The van der Waals surface area contributed by atoms with Gasteiger partial charge in [0.05, 0.1) is 0 Å². The molecule has 1 aromatic heterocycles. The monoisotopic (exact) mass is 328 g/mol. The highest BCUT2D eigenvalue weighted by atomic mass is 79.9. The molecule has 0 fully saturated rings. The van der Waals surface area contributed by atoms with Crippen LogP contribution >= 0.6 is 27.5 Å². The zero-order valence-electron chi connectivity index (χ0n) is 8.95. The third-order valence-corrected chi connectivity index (χ3v) is 2.78. The Kier molecular flexibility index (Phi) is 3.93. The molecule has 0 atom stereocenters. The van der Waals surface area contributed by atoms with E-state index >= 15 is 0 Å². The molecule has 0 saturated carbocycles. The predicted octanol–water partition coefficient (Wildman–Crippen LogP) is 3.89. The molecule has 3 nitrogen and oxygen atoms in total. The molecule has 0 unspecified atom stereocenters. The summed E-state index contributed by atoms with van der Waals surface area (Å²) in [6.07, 6.45) is 1.47. The van der Waals surface area contributed by atoms with E-state index in [0.717, 1.165) is 6.07 Å². The second kappa shape index (κ2) is 5.46. The van der Waals surface area contributed by atoms with Gasteiger partial charge in [-0.25, -0.2) is 9.37 Å². The molecule has 0 aliphatic rings. The standard InChI is InChI=1S/C12H7BrClFN2O/c13-8-3-7(4-10(15)5-8)12(18)17-11-6-9(14)1-2-16-11/h1-6H,(H,16,17,18). The van der Waals surface area contributed by atoms with Crippen molar-refractivity contribution < 1.29 is 9.18 Å². The number of benzene rings is 1.